The number of sulfonamides is 1. The maximum atomic E-state index is 12.1. The van der Waals surface area contributed by atoms with E-state index in [1.807, 2.05) is 12.1 Å². The van der Waals surface area contributed by atoms with E-state index in [2.05, 4.69) is 29.7 Å². The van der Waals surface area contributed by atoms with Crippen LogP contribution in [0.15, 0.2) is 46.6 Å². The summed E-state index contributed by atoms with van der Waals surface area (Å²) in [5.41, 5.74) is 2.29. The Morgan fingerprint density at radius 2 is 2.06 bits per heavy atom. The van der Waals surface area contributed by atoms with Crippen molar-refractivity contribution in [2.24, 2.45) is 15.9 Å². The van der Waals surface area contributed by atoms with E-state index < -0.39 is 15.3 Å². The molecular formula is C22H30ClN7O2S. The van der Waals surface area contributed by atoms with Gasteiger partial charge in [-0.05, 0) is 64.0 Å². The molecule has 0 aromatic carbocycles. The smallest absolute Gasteiger partial charge is 0.236 e. The van der Waals surface area contributed by atoms with Gasteiger partial charge in [0.25, 0.3) is 0 Å². The number of anilines is 1. The topological polar surface area (TPSA) is 126 Å². The van der Waals surface area contributed by atoms with Crippen molar-refractivity contribution in [2.75, 3.05) is 24.4 Å². The van der Waals surface area contributed by atoms with Gasteiger partial charge < -0.3 is 5.84 Å². The Morgan fingerprint density at radius 3 is 2.73 bits per heavy atom. The molecule has 1 saturated heterocycles. The molecule has 0 saturated carbocycles. The van der Waals surface area contributed by atoms with Crippen molar-refractivity contribution in [1.29, 1.82) is 0 Å². The second kappa shape index (κ2) is 11.5. The molecule has 9 nitrogen and oxygen atoms in total. The number of nitrogens with one attached hydrogen (secondary N) is 1. The van der Waals surface area contributed by atoms with Gasteiger partial charge >= 0.3 is 0 Å². The van der Waals surface area contributed by atoms with Crippen molar-refractivity contribution >= 4 is 39.4 Å². The van der Waals surface area contributed by atoms with Gasteiger partial charge in [-0.2, -0.15) is 5.10 Å². The second-order valence-corrected chi connectivity index (χ2v) is 10.9. The number of nitrogens with zero attached hydrogens (tertiary/aromatic N) is 5. The van der Waals surface area contributed by atoms with Crippen molar-refractivity contribution in [1.82, 2.24) is 14.9 Å². The molecule has 3 N–H and O–H groups in total. The second-order valence-electron chi connectivity index (χ2n) is 8.22. The summed E-state index contributed by atoms with van der Waals surface area (Å²) in [5, 5.41) is 3.93. The fourth-order valence-electron chi connectivity index (χ4n) is 3.50. The fraction of sp³-hybridized carbons (Fsp3) is 0.455. The van der Waals surface area contributed by atoms with Crippen LogP contribution in [0.4, 0.5) is 5.82 Å². The minimum atomic E-state index is -3.42. The third kappa shape index (κ3) is 7.21. The van der Waals surface area contributed by atoms with Crippen LogP contribution in [0.3, 0.4) is 0 Å². The average molecular weight is 492 g/mol. The molecule has 0 aliphatic carbocycles. The summed E-state index contributed by atoms with van der Waals surface area (Å²) in [6.45, 7) is 5.95. The SMILES string of the molecule is CC(C)S(=O)(=O)Nc1cccc(C2CCN(CC(C=NCc3ncccc3Cl)=NN)CC2)n1. The summed E-state index contributed by atoms with van der Waals surface area (Å²) in [4.78, 5) is 15.4. The van der Waals surface area contributed by atoms with Gasteiger partial charge in [0.1, 0.15) is 5.82 Å². The van der Waals surface area contributed by atoms with Crippen molar-refractivity contribution in [2.45, 2.75) is 44.4 Å². The molecule has 3 rings (SSSR count). The summed E-state index contributed by atoms with van der Waals surface area (Å²) in [7, 11) is -3.42. The number of pyridine rings is 2. The number of likely N-dealkylation sites (tertiary alicyclic amines) is 1. The van der Waals surface area contributed by atoms with Crippen molar-refractivity contribution in [3.05, 3.63) is 52.9 Å². The lowest BCUT2D eigenvalue weighted by Crippen LogP contribution is -2.37. The molecule has 2 aromatic heterocycles. The molecule has 1 aliphatic rings. The Bertz CT molecular complexity index is 1100. The molecule has 178 valence electrons. The van der Waals surface area contributed by atoms with Crippen LogP contribution < -0.4 is 10.6 Å². The first-order chi connectivity index (χ1) is 15.8. The van der Waals surface area contributed by atoms with Crippen molar-refractivity contribution in [3.8, 4) is 0 Å². The number of hydrogen-bond acceptors (Lipinski definition) is 8. The number of aliphatic imine (C=N–C) groups is 1. The Hall–Kier alpha value is -2.56. The number of hydrazone groups is 1. The van der Waals surface area contributed by atoms with Gasteiger partial charge in [0.15, 0.2) is 0 Å². The molecule has 0 radical (unpaired) electrons. The van der Waals surface area contributed by atoms with Crippen LogP contribution in [0.1, 0.15) is 44.0 Å². The third-order valence-corrected chi connectivity index (χ3v) is 7.59. The van der Waals surface area contributed by atoms with Crippen molar-refractivity contribution < 1.29 is 8.42 Å². The standard InChI is InChI=1S/C22H30ClN7O2S/c1-16(2)33(31,32)29-22-7-3-6-20(27-22)17-8-11-30(12-9-17)15-18(28-24)13-25-14-21-19(23)5-4-10-26-21/h3-7,10,13,16-17H,8-9,11-12,14-15,24H2,1-2H3,(H,27,29). The highest BCUT2D eigenvalue weighted by molar-refractivity contribution is 7.93. The van der Waals surface area contributed by atoms with Crippen LogP contribution >= 0.6 is 11.6 Å². The molecule has 1 aliphatic heterocycles. The van der Waals surface area contributed by atoms with E-state index in [1.54, 1.807) is 44.5 Å². The molecule has 11 heteroatoms. The molecule has 0 atom stereocenters. The first-order valence-corrected chi connectivity index (χ1v) is 12.8. The zero-order valence-electron chi connectivity index (χ0n) is 18.9. The van der Waals surface area contributed by atoms with E-state index in [0.717, 1.165) is 31.6 Å². The number of nitrogens with two attached hydrogens (primary N) is 1. The van der Waals surface area contributed by atoms with Gasteiger partial charge in [-0.15, -0.1) is 0 Å². The van der Waals surface area contributed by atoms with Crippen LogP contribution in [0.25, 0.3) is 0 Å². The highest BCUT2D eigenvalue weighted by atomic mass is 35.5. The fourth-order valence-corrected chi connectivity index (χ4v) is 4.32. The Kier molecular flexibility index (Phi) is 8.76. The molecule has 0 amide bonds. The lowest BCUT2D eigenvalue weighted by Gasteiger charge is -2.31. The average Bonchev–Trinajstić information content (AvgIpc) is 2.80. The molecule has 1 fully saturated rings. The van der Waals surface area contributed by atoms with Gasteiger partial charge in [0, 0.05) is 30.6 Å². The molecule has 0 unspecified atom stereocenters. The Balaban J connectivity index is 1.52. The third-order valence-electron chi connectivity index (χ3n) is 5.51. The van der Waals surface area contributed by atoms with Crippen molar-refractivity contribution in [3.63, 3.8) is 0 Å². The summed E-state index contributed by atoms with van der Waals surface area (Å²) >= 11 is 6.11. The van der Waals surface area contributed by atoms with E-state index in [-0.39, 0.29) is 5.92 Å². The zero-order valence-corrected chi connectivity index (χ0v) is 20.4. The maximum Gasteiger partial charge on any atom is 0.236 e. The van der Waals surface area contributed by atoms with Crippen LogP contribution in [0, 0.1) is 0 Å². The summed E-state index contributed by atoms with van der Waals surface area (Å²) in [6, 6.07) is 9.04. The van der Waals surface area contributed by atoms with Crippen LogP contribution in [0.2, 0.25) is 5.02 Å². The minimum Gasteiger partial charge on any atom is -0.323 e. The quantitative estimate of drug-likeness (QED) is 0.315. The summed E-state index contributed by atoms with van der Waals surface area (Å²) in [6.07, 6.45) is 5.17. The molecule has 0 bridgehead atoms. The molecule has 2 aromatic rings. The lowest BCUT2D eigenvalue weighted by molar-refractivity contribution is 0.237. The Morgan fingerprint density at radius 1 is 1.30 bits per heavy atom. The highest BCUT2D eigenvalue weighted by Gasteiger charge is 2.23. The number of rotatable bonds is 9. The van der Waals surface area contributed by atoms with Gasteiger partial charge in [-0.25, -0.2) is 13.4 Å². The minimum absolute atomic E-state index is 0.267. The number of hydrogen-bond donors (Lipinski definition) is 2. The largest absolute Gasteiger partial charge is 0.323 e. The van der Waals surface area contributed by atoms with Gasteiger partial charge in [-0.3, -0.25) is 19.6 Å². The monoisotopic (exact) mass is 491 g/mol. The number of halogens is 1. The van der Waals surface area contributed by atoms with E-state index in [0.29, 0.717) is 35.3 Å². The molecular weight excluding hydrogens is 462 g/mol. The first-order valence-electron chi connectivity index (χ1n) is 10.9. The van der Waals surface area contributed by atoms with Gasteiger partial charge in [-0.1, -0.05) is 17.7 Å². The first kappa shape index (κ1) is 25.1. The van der Waals surface area contributed by atoms with E-state index in [9.17, 15) is 8.42 Å². The molecule has 33 heavy (non-hydrogen) atoms. The normalized spacial score (nSPS) is 16.5. The van der Waals surface area contributed by atoms with Crippen LogP contribution in [0.5, 0.6) is 0 Å². The van der Waals surface area contributed by atoms with E-state index >= 15 is 0 Å². The van der Waals surface area contributed by atoms with E-state index in [4.69, 9.17) is 17.4 Å². The lowest BCUT2D eigenvalue weighted by atomic mass is 9.93. The zero-order chi connectivity index (χ0) is 23.8. The predicted octanol–water partition coefficient (Wildman–Crippen LogP) is 3.05. The maximum absolute atomic E-state index is 12.1. The van der Waals surface area contributed by atoms with Crippen LogP contribution in [-0.2, 0) is 16.6 Å². The van der Waals surface area contributed by atoms with Gasteiger partial charge in [0.05, 0.1) is 28.2 Å². The Labute approximate surface area is 200 Å². The summed E-state index contributed by atoms with van der Waals surface area (Å²) < 4.78 is 26.8. The molecule has 0 spiro atoms. The van der Waals surface area contributed by atoms with E-state index in [1.165, 1.54) is 0 Å². The highest BCUT2D eigenvalue weighted by Crippen LogP contribution is 2.27. The van der Waals surface area contributed by atoms with Crippen LogP contribution in [-0.4, -0.2) is 60.1 Å². The number of piperidine rings is 1. The van der Waals surface area contributed by atoms with Gasteiger partial charge in [0.2, 0.25) is 10.0 Å². The number of aromatic nitrogens is 2. The predicted molar refractivity (Wildman–Crippen MR) is 133 cm³/mol. The summed E-state index contributed by atoms with van der Waals surface area (Å²) in [5.74, 6) is 6.20. The molecule has 3 heterocycles.